The third-order valence-corrected chi connectivity index (χ3v) is 9.50. The molecule has 1 saturated carbocycles. The lowest BCUT2D eigenvalue weighted by Crippen LogP contribution is -2.56. The van der Waals surface area contributed by atoms with Gasteiger partial charge in [-0.05, 0) is 45.9 Å². The van der Waals surface area contributed by atoms with Crippen molar-refractivity contribution in [2.45, 2.75) is 50.5 Å². The van der Waals surface area contributed by atoms with Gasteiger partial charge in [-0.3, -0.25) is 9.59 Å². The van der Waals surface area contributed by atoms with E-state index in [2.05, 4.69) is 51.0 Å². The minimum absolute atomic E-state index is 0.00345. The van der Waals surface area contributed by atoms with Gasteiger partial charge in [-0.1, -0.05) is 36.4 Å². The van der Waals surface area contributed by atoms with E-state index >= 15 is 0 Å². The number of nitrogens with one attached hydrogen (secondary N) is 2. The molecule has 0 spiro atoms. The van der Waals surface area contributed by atoms with E-state index in [0.717, 1.165) is 56.5 Å². The molecular formula is C30H28N4O3. The number of benzene rings is 3. The van der Waals surface area contributed by atoms with Crippen molar-refractivity contribution in [1.29, 1.82) is 0 Å². The fraction of sp³-hybridized carbons (Fsp3) is 0.333. The summed E-state index contributed by atoms with van der Waals surface area (Å²) in [6.45, 7) is 3.95. The quantitative estimate of drug-likeness (QED) is 0.339. The van der Waals surface area contributed by atoms with Crippen LogP contribution in [0, 0.1) is 5.92 Å². The molecular weight excluding hydrogens is 464 g/mol. The van der Waals surface area contributed by atoms with Gasteiger partial charge in [-0.25, -0.2) is 0 Å². The van der Waals surface area contributed by atoms with Crippen molar-refractivity contribution < 1.29 is 14.7 Å². The van der Waals surface area contributed by atoms with Crippen LogP contribution in [-0.2, 0) is 10.3 Å². The van der Waals surface area contributed by atoms with E-state index in [0.29, 0.717) is 11.1 Å². The van der Waals surface area contributed by atoms with Gasteiger partial charge in [0.1, 0.15) is 5.78 Å². The second kappa shape index (κ2) is 6.79. The summed E-state index contributed by atoms with van der Waals surface area (Å²) < 4.78 is 4.83. The van der Waals surface area contributed by atoms with Crippen molar-refractivity contribution in [3.05, 3.63) is 59.7 Å². The zero-order chi connectivity index (χ0) is 25.4. The van der Waals surface area contributed by atoms with Crippen LogP contribution >= 0.6 is 0 Å². The van der Waals surface area contributed by atoms with Crippen molar-refractivity contribution in [2.24, 2.45) is 5.92 Å². The summed E-state index contributed by atoms with van der Waals surface area (Å²) in [6, 6.07) is 16.7. The first-order valence-corrected chi connectivity index (χ1v) is 13.1. The highest BCUT2D eigenvalue weighted by atomic mass is 16.3. The smallest absolute Gasteiger partial charge is 0.254 e. The zero-order valence-electron chi connectivity index (χ0n) is 21.0. The number of fused-ring (bicyclic) bond motifs is 13. The molecule has 1 fully saturated rings. The highest BCUT2D eigenvalue weighted by molar-refractivity contribution is 6.31. The van der Waals surface area contributed by atoms with Crippen molar-refractivity contribution in [1.82, 2.24) is 19.8 Å². The highest BCUT2D eigenvalue weighted by Gasteiger charge is 2.53. The van der Waals surface area contributed by atoms with Gasteiger partial charge in [-0.2, -0.15) is 0 Å². The number of amides is 1. The zero-order valence-corrected chi connectivity index (χ0v) is 21.0. The lowest BCUT2D eigenvalue weighted by atomic mass is 9.67. The molecule has 37 heavy (non-hydrogen) atoms. The molecule has 7 heteroatoms. The Bertz CT molecular complexity index is 1860. The monoisotopic (exact) mass is 492 g/mol. The first-order chi connectivity index (χ1) is 17.9. The van der Waals surface area contributed by atoms with Crippen molar-refractivity contribution in [3.63, 3.8) is 0 Å². The van der Waals surface area contributed by atoms with Crippen LogP contribution in [-0.4, -0.2) is 39.0 Å². The van der Waals surface area contributed by atoms with E-state index in [1.807, 2.05) is 31.3 Å². The fourth-order valence-corrected chi connectivity index (χ4v) is 8.42. The molecule has 7 nitrogen and oxygen atoms in total. The molecule has 186 valence electrons. The number of Topliss-reactive ketones (excluding diaryl/α,β-unsaturated/α-hetero) is 1. The molecule has 0 radical (unpaired) electrons. The molecule has 2 bridgehead atoms. The van der Waals surface area contributed by atoms with E-state index in [1.54, 1.807) is 6.92 Å². The number of aliphatic hydroxyl groups excluding tert-OH is 1. The number of hydrogen-bond donors (Lipinski definition) is 3. The van der Waals surface area contributed by atoms with E-state index in [1.165, 1.54) is 0 Å². The van der Waals surface area contributed by atoms with Gasteiger partial charge >= 0.3 is 0 Å². The second-order valence-corrected chi connectivity index (χ2v) is 11.3. The predicted molar refractivity (Wildman–Crippen MR) is 144 cm³/mol. The van der Waals surface area contributed by atoms with Crippen LogP contribution in [0.15, 0.2) is 48.5 Å². The number of rotatable bonds is 2. The minimum atomic E-state index is -1.09. The normalized spacial score (nSPS) is 28.4. The summed E-state index contributed by atoms with van der Waals surface area (Å²) in [6.07, 6.45) is 0.531. The Balaban J connectivity index is 1.73. The Kier molecular flexibility index (Phi) is 3.93. The lowest BCUT2D eigenvalue weighted by molar-refractivity contribution is -0.127. The number of nitrogens with zero attached hydrogens (tertiary/aromatic N) is 2. The lowest BCUT2D eigenvalue weighted by Gasteiger charge is -2.48. The van der Waals surface area contributed by atoms with Crippen LogP contribution in [0.2, 0.25) is 0 Å². The second-order valence-electron chi connectivity index (χ2n) is 11.3. The van der Waals surface area contributed by atoms with Gasteiger partial charge in [0.05, 0.1) is 28.1 Å². The maximum Gasteiger partial charge on any atom is 0.254 e. The predicted octanol–water partition coefficient (Wildman–Crippen LogP) is 4.49. The van der Waals surface area contributed by atoms with E-state index in [4.69, 9.17) is 0 Å². The van der Waals surface area contributed by atoms with Crippen LogP contribution in [0.1, 0.15) is 54.9 Å². The first kappa shape index (κ1) is 21.4. The van der Waals surface area contributed by atoms with E-state index < -0.39 is 11.8 Å². The largest absolute Gasteiger partial charge is 0.369 e. The van der Waals surface area contributed by atoms with Crippen LogP contribution in [0.5, 0.6) is 0 Å². The Morgan fingerprint density at radius 2 is 1.73 bits per heavy atom. The molecule has 5 atom stereocenters. The Labute approximate surface area is 213 Å². The number of ketones is 1. The first-order valence-electron chi connectivity index (χ1n) is 13.1. The van der Waals surface area contributed by atoms with Gasteiger partial charge in [0.25, 0.3) is 5.91 Å². The van der Waals surface area contributed by atoms with Gasteiger partial charge in [0.2, 0.25) is 0 Å². The topological polar surface area (TPSA) is 88.3 Å². The van der Waals surface area contributed by atoms with Gasteiger partial charge < -0.3 is 24.9 Å². The molecule has 1 amide bonds. The molecule has 1 aliphatic carbocycles. The summed E-state index contributed by atoms with van der Waals surface area (Å²) in [7, 11) is 1.95. The average Bonchev–Trinajstić information content (AvgIpc) is 3.48. The van der Waals surface area contributed by atoms with Crippen molar-refractivity contribution >= 4 is 55.3 Å². The van der Waals surface area contributed by atoms with Crippen molar-refractivity contribution in [3.8, 4) is 0 Å². The third kappa shape index (κ3) is 2.31. The molecule has 3 aromatic carbocycles. The summed E-state index contributed by atoms with van der Waals surface area (Å²) >= 11 is 0. The number of carbonyl (C=O) groups excluding carboxylic acids is 2. The van der Waals surface area contributed by atoms with Crippen LogP contribution in [0.3, 0.4) is 0 Å². The third-order valence-electron chi connectivity index (χ3n) is 9.50. The molecule has 2 aromatic heterocycles. The minimum Gasteiger partial charge on any atom is -0.369 e. The number of aromatic nitrogens is 2. The van der Waals surface area contributed by atoms with Crippen LogP contribution in [0.25, 0.3) is 43.6 Å². The summed E-state index contributed by atoms with van der Waals surface area (Å²) in [5.74, 6) is -0.286. The van der Waals surface area contributed by atoms with Gasteiger partial charge in [0, 0.05) is 50.2 Å². The molecule has 0 saturated heterocycles. The number of para-hydroxylation sites is 2. The van der Waals surface area contributed by atoms with Crippen LogP contribution in [0.4, 0.5) is 0 Å². The molecule has 3 N–H and O–H groups in total. The van der Waals surface area contributed by atoms with E-state index in [9.17, 15) is 14.7 Å². The molecule has 1 unspecified atom stereocenters. The average molecular weight is 493 g/mol. The molecule has 2 aliphatic heterocycles. The highest BCUT2D eigenvalue weighted by Crippen LogP contribution is 2.56. The van der Waals surface area contributed by atoms with Crippen LogP contribution < -0.4 is 10.6 Å². The molecule has 4 heterocycles. The molecule has 3 aliphatic rings. The summed E-state index contributed by atoms with van der Waals surface area (Å²) in [4.78, 5) is 26.8. The fourth-order valence-electron chi connectivity index (χ4n) is 8.42. The van der Waals surface area contributed by atoms with E-state index in [-0.39, 0.29) is 29.7 Å². The standard InChI is InChI=1S/C30H28N4O3/c1-14(35)25-18(31-3)12-15-13-30(25,2)34-20-11-7-5-9-17(20)22-24-23(28(36)32-29(24)37)21-16-8-4-6-10-19(16)33(15)26(21)27(22)34/h4-11,15,18,25,29,31,37H,12-13H2,1-3H3,(H,32,36)/t15-,18?,25+,29+,30-/m0/s1. The SMILES string of the molecule is CNC1C[C@H]2C[C@@](C)([C@@H]1C(C)=O)n1c3ccccc3c3c4c(c5c6ccccc6n2c5c31)C(=O)N[C@@H]4O. The summed E-state index contributed by atoms with van der Waals surface area (Å²) in [5.41, 5.74) is 4.87. The number of aliphatic hydroxyl groups is 1. The van der Waals surface area contributed by atoms with Gasteiger partial charge in [-0.15, -0.1) is 0 Å². The Morgan fingerprint density at radius 3 is 2.43 bits per heavy atom. The molecule has 5 aromatic rings. The number of hydrogen-bond acceptors (Lipinski definition) is 4. The maximum atomic E-state index is 13.4. The number of carbonyl (C=O) groups is 2. The Morgan fingerprint density at radius 1 is 1.05 bits per heavy atom. The van der Waals surface area contributed by atoms with Crippen molar-refractivity contribution in [2.75, 3.05) is 7.05 Å². The Hall–Kier alpha value is -3.68. The molecule has 8 rings (SSSR count). The summed E-state index contributed by atoms with van der Waals surface area (Å²) in [5, 5.41) is 21.3. The van der Waals surface area contributed by atoms with Gasteiger partial charge in [0.15, 0.2) is 6.23 Å². The maximum absolute atomic E-state index is 13.4.